The minimum Gasteiger partial charge on any atom is -0.321 e. The Balaban J connectivity index is 2.37. The molecule has 0 bridgehead atoms. The van der Waals surface area contributed by atoms with Gasteiger partial charge in [-0.3, -0.25) is 9.36 Å². The molecule has 0 aliphatic heterocycles. The van der Waals surface area contributed by atoms with Crippen LogP contribution in [0.5, 0.6) is 0 Å². The summed E-state index contributed by atoms with van der Waals surface area (Å²) < 4.78 is 1.47. The van der Waals surface area contributed by atoms with Crippen molar-refractivity contribution < 1.29 is 0 Å². The van der Waals surface area contributed by atoms with E-state index in [1.165, 1.54) is 4.57 Å². The van der Waals surface area contributed by atoms with Gasteiger partial charge in [-0.15, -0.1) is 0 Å². The van der Waals surface area contributed by atoms with Gasteiger partial charge >= 0.3 is 0 Å². The molecule has 0 radical (unpaired) electrons. The average Bonchev–Trinajstić information content (AvgIpc) is 2.60. The number of halogens is 1. The number of fused-ring (bicyclic) bond motifs is 1. The Morgan fingerprint density at radius 1 is 1.27 bits per heavy atom. The van der Waals surface area contributed by atoms with E-state index < -0.39 is 6.04 Å². The van der Waals surface area contributed by atoms with Crippen LogP contribution >= 0.6 is 11.6 Å². The lowest BCUT2D eigenvalue weighted by molar-refractivity contribution is 0.485. The van der Waals surface area contributed by atoms with Gasteiger partial charge in [0.15, 0.2) is 0 Å². The van der Waals surface area contributed by atoms with E-state index in [9.17, 15) is 10.1 Å². The number of hydrogen-bond donors (Lipinski definition) is 1. The Morgan fingerprint density at radius 2 is 2.00 bits per heavy atom. The first-order valence-corrected chi connectivity index (χ1v) is 8.77. The zero-order chi connectivity index (χ0) is 18.8. The van der Waals surface area contributed by atoms with Gasteiger partial charge in [0, 0.05) is 0 Å². The summed E-state index contributed by atoms with van der Waals surface area (Å²) >= 11 is 6.26. The third-order valence-corrected chi connectivity index (χ3v) is 4.48. The van der Waals surface area contributed by atoms with E-state index >= 15 is 0 Å². The number of nitrogens with zero attached hydrogens (tertiary/aromatic N) is 3. The zero-order valence-electron chi connectivity index (χ0n) is 14.6. The van der Waals surface area contributed by atoms with Crippen LogP contribution in [0, 0.1) is 17.2 Å². The fourth-order valence-electron chi connectivity index (χ4n) is 3.03. The summed E-state index contributed by atoms with van der Waals surface area (Å²) in [5.41, 5.74) is 7.62. The van der Waals surface area contributed by atoms with E-state index in [1.807, 2.05) is 0 Å². The third-order valence-electron chi connectivity index (χ3n) is 4.16. The van der Waals surface area contributed by atoms with Crippen molar-refractivity contribution in [1.29, 1.82) is 5.26 Å². The predicted molar refractivity (Wildman–Crippen MR) is 103 cm³/mol. The molecule has 0 saturated heterocycles. The first-order chi connectivity index (χ1) is 12.4. The Kier molecular flexibility index (Phi) is 5.08. The van der Waals surface area contributed by atoms with Gasteiger partial charge in [-0.05, 0) is 42.7 Å². The smallest absolute Gasteiger partial charge is 0.267 e. The highest BCUT2D eigenvalue weighted by Crippen LogP contribution is 2.24. The van der Waals surface area contributed by atoms with Gasteiger partial charge in [0.05, 0.1) is 39.3 Å². The maximum atomic E-state index is 13.3. The van der Waals surface area contributed by atoms with Crippen LogP contribution in [0.3, 0.4) is 0 Å². The van der Waals surface area contributed by atoms with Crippen LogP contribution in [0.1, 0.15) is 37.7 Å². The zero-order valence-corrected chi connectivity index (χ0v) is 15.4. The lowest BCUT2D eigenvalue weighted by Crippen LogP contribution is -2.29. The molecule has 0 aliphatic rings. The number of nitriles is 1. The van der Waals surface area contributed by atoms with Crippen molar-refractivity contribution in [2.75, 3.05) is 0 Å². The molecule has 2 aromatic carbocycles. The Hall–Kier alpha value is -2.68. The Labute approximate surface area is 156 Å². The molecule has 1 atom stereocenters. The van der Waals surface area contributed by atoms with Crippen molar-refractivity contribution >= 4 is 22.5 Å². The molecule has 0 aliphatic carbocycles. The molecule has 5 nitrogen and oxygen atoms in total. The highest BCUT2D eigenvalue weighted by molar-refractivity contribution is 6.35. The lowest BCUT2D eigenvalue weighted by atomic mass is 10.0. The quantitative estimate of drug-likeness (QED) is 0.757. The van der Waals surface area contributed by atoms with Crippen molar-refractivity contribution in [2.24, 2.45) is 11.7 Å². The van der Waals surface area contributed by atoms with Gasteiger partial charge in [0.25, 0.3) is 5.56 Å². The molecule has 26 heavy (non-hydrogen) atoms. The molecule has 0 unspecified atom stereocenters. The summed E-state index contributed by atoms with van der Waals surface area (Å²) in [6, 6.07) is 13.7. The standard InChI is InChI=1S/C20H19ClN4O/c1-12(2)9-16(23)19-24-17-8-4-7-15(21)18(17)20(26)25(19)14-6-3-5-13(10-14)11-22/h3-8,10,12,16H,9,23H2,1-2H3/t16-/m0/s1. The number of rotatable bonds is 4. The molecule has 3 aromatic rings. The lowest BCUT2D eigenvalue weighted by Gasteiger charge is -2.20. The van der Waals surface area contributed by atoms with Crippen LogP contribution in [0.2, 0.25) is 5.02 Å². The highest BCUT2D eigenvalue weighted by Gasteiger charge is 2.20. The second-order valence-corrected chi connectivity index (χ2v) is 7.05. The van der Waals surface area contributed by atoms with E-state index in [-0.39, 0.29) is 5.56 Å². The molecule has 0 spiro atoms. The topological polar surface area (TPSA) is 84.7 Å². The maximum absolute atomic E-state index is 13.3. The van der Waals surface area contributed by atoms with Gasteiger partial charge in [0.2, 0.25) is 0 Å². The first kappa shape index (κ1) is 18.1. The average molecular weight is 367 g/mol. The molecule has 1 heterocycles. The molecule has 6 heteroatoms. The van der Waals surface area contributed by atoms with Gasteiger partial charge in [-0.1, -0.05) is 37.6 Å². The molecule has 0 saturated carbocycles. The van der Waals surface area contributed by atoms with Crippen molar-refractivity contribution in [3.05, 3.63) is 69.2 Å². The summed E-state index contributed by atoms with van der Waals surface area (Å²) in [6.45, 7) is 4.13. The van der Waals surface area contributed by atoms with Crippen molar-refractivity contribution in [2.45, 2.75) is 26.3 Å². The minimum atomic E-state index is -0.420. The van der Waals surface area contributed by atoms with Crippen LogP contribution in [0.4, 0.5) is 0 Å². The largest absolute Gasteiger partial charge is 0.321 e. The Bertz CT molecular complexity index is 1070. The number of benzene rings is 2. The van der Waals surface area contributed by atoms with Crippen LogP contribution in [0.25, 0.3) is 16.6 Å². The summed E-state index contributed by atoms with van der Waals surface area (Å²) in [6.07, 6.45) is 0.677. The summed E-state index contributed by atoms with van der Waals surface area (Å²) in [5.74, 6) is 0.810. The van der Waals surface area contributed by atoms with Crippen molar-refractivity contribution in [1.82, 2.24) is 9.55 Å². The van der Waals surface area contributed by atoms with E-state index in [2.05, 4.69) is 24.9 Å². The molecule has 132 valence electrons. The summed E-state index contributed by atoms with van der Waals surface area (Å²) in [5, 5.41) is 9.88. The normalized spacial score (nSPS) is 12.3. The van der Waals surface area contributed by atoms with Crippen molar-refractivity contribution in [3.8, 4) is 11.8 Å². The molecule has 3 rings (SSSR count). The van der Waals surface area contributed by atoms with Crippen LogP contribution < -0.4 is 11.3 Å². The van der Waals surface area contributed by atoms with E-state index in [0.717, 1.165) is 0 Å². The number of nitrogens with two attached hydrogens (primary N) is 1. The monoisotopic (exact) mass is 366 g/mol. The van der Waals surface area contributed by atoms with E-state index in [4.69, 9.17) is 17.3 Å². The SMILES string of the molecule is CC(C)C[C@H](N)c1nc2cccc(Cl)c2c(=O)n1-c1cccc(C#N)c1. The van der Waals surface area contributed by atoms with Crippen LogP contribution in [0.15, 0.2) is 47.3 Å². The van der Waals surface area contributed by atoms with E-state index in [1.54, 1.807) is 42.5 Å². The maximum Gasteiger partial charge on any atom is 0.267 e. The van der Waals surface area contributed by atoms with Gasteiger partial charge in [0.1, 0.15) is 5.82 Å². The third kappa shape index (κ3) is 3.34. The minimum absolute atomic E-state index is 0.287. The van der Waals surface area contributed by atoms with Crippen LogP contribution in [-0.2, 0) is 0 Å². The molecular weight excluding hydrogens is 348 g/mol. The van der Waals surface area contributed by atoms with Gasteiger partial charge in [-0.2, -0.15) is 5.26 Å². The molecule has 0 fully saturated rings. The van der Waals surface area contributed by atoms with Crippen LogP contribution in [-0.4, -0.2) is 9.55 Å². The second-order valence-electron chi connectivity index (χ2n) is 6.64. The highest BCUT2D eigenvalue weighted by atomic mass is 35.5. The second kappa shape index (κ2) is 7.28. The fourth-order valence-corrected chi connectivity index (χ4v) is 3.28. The van der Waals surface area contributed by atoms with Gasteiger partial charge in [-0.25, -0.2) is 4.98 Å². The molecule has 1 aromatic heterocycles. The van der Waals surface area contributed by atoms with Crippen molar-refractivity contribution in [3.63, 3.8) is 0 Å². The fraction of sp³-hybridized carbons (Fsp3) is 0.250. The predicted octanol–water partition coefficient (Wildman–Crippen LogP) is 3.96. The first-order valence-electron chi connectivity index (χ1n) is 8.39. The molecular formula is C20H19ClN4O. The molecule has 0 amide bonds. The Morgan fingerprint density at radius 3 is 2.69 bits per heavy atom. The summed E-state index contributed by atoms with van der Waals surface area (Å²) in [7, 11) is 0. The summed E-state index contributed by atoms with van der Waals surface area (Å²) in [4.78, 5) is 17.9. The number of aromatic nitrogens is 2. The number of hydrogen-bond acceptors (Lipinski definition) is 4. The molecule has 2 N–H and O–H groups in total. The van der Waals surface area contributed by atoms with Gasteiger partial charge < -0.3 is 5.73 Å². The van der Waals surface area contributed by atoms with E-state index in [0.29, 0.717) is 45.3 Å².